The molecule has 4 rings (SSSR count). The minimum Gasteiger partial charge on any atom is -0.449 e. The van der Waals surface area contributed by atoms with Crippen LogP contribution in [0.25, 0.3) is 5.69 Å². The number of nitrogens with zero attached hydrogens (tertiary/aromatic N) is 4. The van der Waals surface area contributed by atoms with Crippen LogP contribution in [0.5, 0.6) is 5.75 Å². The summed E-state index contributed by atoms with van der Waals surface area (Å²) in [4.78, 5) is 30.9. The normalized spacial score (nSPS) is 17.7. The molecular formula is C28H34N4O4. The summed E-state index contributed by atoms with van der Waals surface area (Å²) in [6.45, 7) is 6.03. The summed E-state index contributed by atoms with van der Waals surface area (Å²) >= 11 is 0. The Bertz CT molecular complexity index is 1170. The Morgan fingerprint density at radius 2 is 1.81 bits per heavy atom. The van der Waals surface area contributed by atoms with Gasteiger partial charge < -0.3 is 9.84 Å². The molecule has 3 aromatic rings. The highest BCUT2D eigenvalue weighted by atomic mass is 16.7. The molecule has 1 aliphatic rings. The van der Waals surface area contributed by atoms with Crippen LogP contribution in [-0.4, -0.2) is 38.0 Å². The number of aryl methyl sites for hydroxylation is 2. The van der Waals surface area contributed by atoms with Crippen LogP contribution in [0.2, 0.25) is 0 Å². The Morgan fingerprint density at radius 3 is 2.42 bits per heavy atom. The van der Waals surface area contributed by atoms with Crippen LogP contribution in [0.4, 0.5) is 10.6 Å². The average molecular weight is 491 g/mol. The fraction of sp³-hybridized carbons (Fsp3) is 0.429. The molecule has 0 bridgehead atoms. The highest BCUT2D eigenvalue weighted by Crippen LogP contribution is 2.35. The predicted molar refractivity (Wildman–Crippen MR) is 138 cm³/mol. The van der Waals surface area contributed by atoms with Gasteiger partial charge in [-0.15, -0.1) is 5.10 Å². The van der Waals surface area contributed by atoms with Crippen molar-refractivity contribution in [3.05, 3.63) is 66.1 Å². The maximum Gasteiger partial charge on any atom is 0.511 e. The van der Waals surface area contributed by atoms with E-state index < -0.39 is 6.16 Å². The largest absolute Gasteiger partial charge is 0.511 e. The second-order valence-corrected chi connectivity index (χ2v) is 9.88. The number of anilines is 1. The number of benzene rings is 1. The van der Waals surface area contributed by atoms with Crippen LogP contribution < -0.4 is 9.64 Å². The lowest BCUT2D eigenvalue weighted by molar-refractivity contribution is -0.124. The van der Waals surface area contributed by atoms with Gasteiger partial charge in [0.05, 0.1) is 11.9 Å². The number of carbonyl (C=O) groups excluding carboxylic acids is 1. The first-order valence-electron chi connectivity index (χ1n) is 12.6. The third-order valence-corrected chi connectivity index (χ3v) is 6.80. The van der Waals surface area contributed by atoms with Crippen molar-refractivity contribution in [2.24, 2.45) is 11.8 Å². The number of carbonyl (C=O) groups is 2. The van der Waals surface area contributed by atoms with Crippen LogP contribution in [-0.2, 0) is 17.6 Å². The maximum absolute atomic E-state index is 13.5. The predicted octanol–water partition coefficient (Wildman–Crippen LogP) is 5.68. The first-order chi connectivity index (χ1) is 17.3. The van der Waals surface area contributed by atoms with Gasteiger partial charge in [-0.05, 0) is 88.1 Å². The quantitative estimate of drug-likeness (QED) is 0.408. The molecular weight excluding hydrogens is 456 g/mol. The number of ether oxygens (including phenoxy) is 1. The SMILES string of the molecule is CC(C)N(c1nn(-c2ccc(CCc3ccccn3)cc2)cc1OC(=O)O)C(=O)[C@H]1CC[C@H](C)CC1. The standard InChI is InChI=1S/C28H34N4O4/c1-19(2)32(27(33)22-12-7-20(3)8-13-22)26-25(36-28(34)35)18-31(30-26)24-15-10-21(11-16-24)9-14-23-6-4-5-17-29-23/h4-6,10-11,15-20,22H,7-9,12-14H2,1-3H3,(H,34,35)/t20-,22-. The van der Waals surface area contributed by atoms with E-state index >= 15 is 0 Å². The van der Waals surface area contributed by atoms with Crippen LogP contribution in [0.15, 0.2) is 54.9 Å². The molecule has 190 valence electrons. The van der Waals surface area contributed by atoms with E-state index in [1.807, 2.05) is 56.3 Å². The summed E-state index contributed by atoms with van der Waals surface area (Å²) in [7, 11) is 0. The molecule has 1 fully saturated rings. The smallest absolute Gasteiger partial charge is 0.449 e. The molecule has 8 heteroatoms. The number of aromatic nitrogens is 3. The van der Waals surface area contributed by atoms with Gasteiger partial charge in [-0.2, -0.15) is 0 Å². The zero-order valence-corrected chi connectivity index (χ0v) is 21.1. The Balaban J connectivity index is 1.57. The second-order valence-electron chi connectivity index (χ2n) is 9.88. The van der Waals surface area contributed by atoms with Crippen molar-refractivity contribution in [2.45, 2.75) is 65.3 Å². The molecule has 8 nitrogen and oxygen atoms in total. The molecule has 0 radical (unpaired) electrons. The van der Waals surface area contributed by atoms with E-state index in [1.165, 1.54) is 6.20 Å². The van der Waals surface area contributed by atoms with Crippen molar-refractivity contribution < 1.29 is 19.4 Å². The minimum absolute atomic E-state index is 0.0257. The zero-order chi connectivity index (χ0) is 25.7. The van der Waals surface area contributed by atoms with E-state index in [4.69, 9.17) is 4.74 Å². The van der Waals surface area contributed by atoms with Crippen molar-refractivity contribution in [2.75, 3.05) is 4.90 Å². The lowest BCUT2D eigenvalue weighted by Crippen LogP contribution is -2.42. The summed E-state index contributed by atoms with van der Waals surface area (Å²) in [5, 5.41) is 14.0. The average Bonchev–Trinajstić information content (AvgIpc) is 3.26. The number of pyridine rings is 1. The number of rotatable bonds is 8. The summed E-state index contributed by atoms with van der Waals surface area (Å²) in [6.07, 6.45) is 7.27. The molecule has 2 aromatic heterocycles. The Hall–Kier alpha value is -3.68. The summed E-state index contributed by atoms with van der Waals surface area (Å²) in [6, 6.07) is 13.6. The Labute approximate surface area is 211 Å². The van der Waals surface area contributed by atoms with Crippen molar-refractivity contribution in [1.82, 2.24) is 14.8 Å². The molecule has 0 saturated heterocycles. The second kappa shape index (κ2) is 11.4. The highest BCUT2D eigenvalue weighted by Gasteiger charge is 2.34. The fourth-order valence-electron chi connectivity index (χ4n) is 4.76. The maximum atomic E-state index is 13.5. The third-order valence-electron chi connectivity index (χ3n) is 6.80. The van der Waals surface area contributed by atoms with Crippen molar-refractivity contribution in [3.63, 3.8) is 0 Å². The lowest BCUT2D eigenvalue weighted by atomic mass is 9.82. The summed E-state index contributed by atoms with van der Waals surface area (Å²) < 4.78 is 6.65. The first-order valence-corrected chi connectivity index (χ1v) is 12.6. The number of hydrogen-bond donors (Lipinski definition) is 1. The molecule has 0 unspecified atom stereocenters. The fourth-order valence-corrected chi connectivity index (χ4v) is 4.76. The number of hydrogen-bond acceptors (Lipinski definition) is 5. The molecule has 0 spiro atoms. The lowest BCUT2D eigenvalue weighted by Gasteiger charge is -2.32. The molecule has 1 amide bonds. The molecule has 1 aromatic carbocycles. The monoisotopic (exact) mass is 490 g/mol. The first kappa shape index (κ1) is 25.4. The van der Waals surface area contributed by atoms with Gasteiger partial charge in [0.15, 0.2) is 5.75 Å². The molecule has 0 aliphatic heterocycles. The van der Waals surface area contributed by atoms with E-state index in [-0.39, 0.29) is 29.4 Å². The van der Waals surface area contributed by atoms with E-state index in [0.717, 1.165) is 55.5 Å². The van der Waals surface area contributed by atoms with Gasteiger partial charge in [-0.1, -0.05) is 25.1 Å². The molecule has 1 saturated carbocycles. The summed E-state index contributed by atoms with van der Waals surface area (Å²) in [5.74, 6) is 0.786. The topological polar surface area (TPSA) is 97.6 Å². The van der Waals surface area contributed by atoms with Gasteiger partial charge >= 0.3 is 6.16 Å². The molecule has 1 aliphatic carbocycles. The van der Waals surface area contributed by atoms with Gasteiger partial charge in [0.2, 0.25) is 11.7 Å². The van der Waals surface area contributed by atoms with Gasteiger partial charge in [-0.25, -0.2) is 9.48 Å². The van der Waals surface area contributed by atoms with E-state index in [2.05, 4.69) is 17.0 Å². The number of amides is 1. The van der Waals surface area contributed by atoms with Crippen LogP contribution in [0.3, 0.4) is 0 Å². The minimum atomic E-state index is -1.44. The number of carboxylic acid groups (broad SMARTS) is 1. The van der Waals surface area contributed by atoms with Crippen LogP contribution in [0, 0.1) is 11.8 Å². The van der Waals surface area contributed by atoms with Gasteiger partial charge in [0.1, 0.15) is 0 Å². The highest BCUT2D eigenvalue weighted by molar-refractivity contribution is 5.96. The van der Waals surface area contributed by atoms with Crippen molar-refractivity contribution >= 4 is 17.9 Å². The van der Waals surface area contributed by atoms with Gasteiger partial charge in [0.25, 0.3) is 0 Å². The Morgan fingerprint density at radius 1 is 1.08 bits per heavy atom. The summed E-state index contributed by atoms with van der Waals surface area (Å²) in [5.41, 5.74) is 2.95. The molecule has 2 heterocycles. The third kappa shape index (κ3) is 6.11. The molecule has 1 N–H and O–H groups in total. The van der Waals surface area contributed by atoms with Crippen LogP contribution in [0.1, 0.15) is 57.7 Å². The van der Waals surface area contributed by atoms with Crippen molar-refractivity contribution in [3.8, 4) is 11.4 Å². The van der Waals surface area contributed by atoms with E-state index in [9.17, 15) is 14.7 Å². The molecule has 36 heavy (non-hydrogen) atoms. The van der Waals surface area contributed by atoms with E-state index in [0.29, 0.717) is 5.92 Å². The van der Waals surface area contributed by atoms with Crippen molar-refractivity contribution in [1.29, 1.82) is 0 Å². The van der Waals surface area contributed by atoms with E-state index in [1.54, 1.807) is 15.8 Å². The Kier molecular flexibility index (Phi) is 8.03. The zero-order valence-electron chi connectivity index (χ0n) is 21.1. The van der Waals surface area contributed by atoms with Gasteiger partial charge in [-0.3, -0.25) is 14.7 Å². The molecule has 0 atom stereocenters. The van der Waals surface area contributed by atoms with Crippen LogP contribution >= 0.6 is 0 Å². The van der Waals surface area contributed by atoms with Gasteiger partial charge in [0, 0.05) is 23.9 Å².